The van der Waals surface area contributed by atoms with Crippen molar-refractivity contribution in [2.24, 2.45) is 0 Å². The number of hydrogen-bond donors (Lipinski definition) is 1. The standard InChI is InChI=1S/C18H17N3O6/c1-10-4-6-15(14(8-10)21(23)24)25-9-13-5-7-16(26-13)18(22)19-17-11(2)20-27-12(17)3/h4-8H,9H2,1-3H3,(H,19,22). The molecule has 0 fully saturated rings. The molecule has 0 aliphatic carbocycles. The molecule has 3 rings (SSSR count). The van der Waals surface area contributed by atoms with Gasteiger partial charge in [0.05, 0.1) is 4.92 Å². The molecule has 1 aromatic carbocycles. The number of carbonyl (C=O) groups is 1. The molecular weight excluding hydrogens is 354 g/mol. The fraction of sp³-hybridized carbons (Fsp3) is 0.222. The Morgan fingerprint density at radius 3 is 2.70 bits per heavy atom. The highest BCUT2D eigenvalue weighted by Gasteiger charge is 2.18. The van der Waals surface area contributed by atoms with Gasteiger partial charge in [0.2, 0.25) is 0 Å². The fourth-order valence-corrected chi connectivity index (χ4v) is 2.46. The molecule has 140 valence electrons. The number of nitro groups is 1. The van der Waals surface area contributed by atoms with E-state index in [1.807, 2.05) is 0 Å². The van der Waals surface area contributed by atoms with Gasteiger partial charge in [0.25, 0.3) is 5.91 Å². The second-order valence-corrected chi connectivity index (χ2v) is 5.94. The van der Waals surface area contributed by atoms with Crippen LogP contribution >= 0.6 is 0 Å². The number of amides is 1. The average molecular weight is 371 g/mol. The third-order valence-electron chi connectivity index (χ3n) is 3.84. The molecule has 0 aliphatic rings. The van der Waals surface area contributed by atoms with Crippen molar-refractivity contribution in [2.45, 2.75) is 27.4 Å². The lowest BCUT2D eigenvalue weighted by atomic mass is 10.2. The molecule has 0 bridgehead atoms. The average Bonchev–Trinajstić information content (AvgIpc) is 3.22. The number of furan rings is 1. The van der Waals surface area contributed by atoms with Crippen LogP contribution in [0.25, 0.3) is 0 Å². The van der Waals surface area contributed by atoms with E-state index in [4.69, 9.17) is 13.7 Å². The molecule has 2 heterocycles. The first kappa shape index (κ1) is 18.2. The van der Waals surface area contributed by atoms with Crippen molar-refractivity contribution >= 4 is 17.3 Å². The molecule has 9 nitrogen and oxygen atoms in total. The number of hydrogen-bond acceptors (Lipinski definition) is 7. The molecule has 27 heavy (non-hydrogen) atoms. The molecule has 0 spiro atoms. The summed E-state index contributed by atoms with van der Waals surface area (Å²) in [7, 11) is 0. The van der Waals surface area contributed by atoms with E-state index in [0.29, 0.717) is 22.9 Å². The van der Waals surface area contributed by atoms with E-state index < -0.39 is 10.8 Å². The molecule has 0 atom stereocenters. The van der Waals surface area contributed by atoms with Crippen LogP contribution in [0.5, 0.6) is 5.75 Å². The number of aromatic nitrogens is 1. The van der Waals surface area contributed by atoms with Gasteiger partial charge >= 0.3 is 5.69 Å². The number of nitrogens with zero attached hydrogens (tertiary/aromatic N) is 2. The zero-order valence-corrected chi connectivity index (χ0v) is 14.9. The molecule has 0 unspecified atom stereocenters. The number of anilines is 1. The Balaban J connectivity index is 1.68. The number of nitrogens with one attached hydrogen (secondary N) is 1. The highest BCUT2D eigenvalue weighted by Crippen LogP contribution is 2.28. The smallest absolute Gasteiger partial charge is 0.311 e. The highest BCUT2D eigenvalue weighted by molar-refractivity contribution is 6.02. The number of aryl methyl sites for hydroxylation is 3. The Kier molecular flexibility index (Phi) is 4.93. The van der Waals surface area contributed by atoms with Crippen LogP contribution < -0.4 is 10.1 Å². The fourth-order valence-electron chi connectivity index (χ4n) is 2.46. The molecule has 0 radical (unpaired) electrons. The van der Waals surface area contributed by atoms with Gasteiger partial charge in [-0.05, 0) is 44.5 Å². The van der Waals surface area contributed by atoms with Gasteiger partial charge in [-0.1, -0.05) is 11.2 Å². The number of nitro benzene ring substituents is 1. The SMILES string of the molecule is Cc1ccc(OCc2ccc(C(=O)Nc3c(C)noc3C)o2)c([N+](=O)[O-])c1. The van der Waals surface area contributed by atoms with Crippen LogP contribution in [0.1, 0.15) is 33.3 Å². The monoisotopic (exact) mass is 371 g/mol. The summed E-state index contributed by atoms with van der Waals surface area (Å²) in [5, 5.41) is 17.6. The molecule has 0 saturated carbocycles. The third kappa shape index (κ3) is 3.97. The number of carbonyl (C=O) groups excluding carboxylic acids is 1. The molecule has 1 N–H and O–H groups in total. The second-order valence-electron chi connectivity index (χ2n) is 5.94. The summed E-state index contributed by atoms with van der Waals surface area (Å²) < 4.78 is 15.9. The maximum absolute atomic E-state index is 12.3. The van der Waals surface area contributed by atoms with Crippen LogP contribution in [0.3, 0.4) is 0 Å². The van der Waals surface area contributed by atoms with Crippen molar-refractivity contribution in [2.75, 3.05) is 5.32 Å². The Hall–Kier alpha value is -3.62. The minimum atomic E-state index is -0.507. The van der Waals surface area contributed by atoms with Crippen molar-refractivity contribution in [1.82, 2.24) is 5.16 Å². The number of benzene rings is 1. The van der Waals surface area contributed by atoms with E-state index in [9.17, 15) is 14.9 Å². The van der Waals surface area contributed by atoms with Crippen LogP contribution in [0, 0.1) is 30.9 Å². The molecule has 0 aliphatic heterocycles. The number of rotatable bonds is 6. The molecule has 3 aromatic rings. The number of ether oxygens (including phenoxy) is 1. The summed E-state index contributed by atoms with van der Waals surface area (Å²) in [5.74, 6) is 0.587. The van der Waals surface area contributed by atoms with Crippen LogP contribution in [0.4, 0.5) is 11.4 Å². The minimum Gasteiger partial charge on any atom is -0.479 e. The quantitative estimate of drug-likeness (QED) is 0.514. The molecule has 2 aromatic heterocycles. The van der Waals surface area contributed by atoms with E-state index in [1.165, 1.54) is 18.2 Å². The van der Waals surface area contributed by atoms with E-state index >= 15 is 0 Å². The topological polar surface area (TPSA) is 121 Å². The van der Waals surface area contributed by atoms with Gasteiger partial charge in [0.1, 0.15) is 23.7 Å². The predicted octanol–water partition coefficient (Wildman–Crippen LogP) is 3.93. The Morgan fingerprint density at radius 2 is 2.04 bits per heavy atom. The maximum atomic E-state index is 12.3. The molecule has 0 saturated heterocycles. The van der Waals surface area contributed by atoms with Crippen LogP contribution in [0.2, 0.25) is 0 Å². The summed E-state index contributed by atoms with van der Waals surface area (Å²) >= 11 is 0. The summed E-state index contributed by atoms with van der Waals surface area (Å²) in [6.07, 6.45) is 0. The zero-order valence-electron chi connectivity index (χ0n) is 14.9. The predicted molar refractivity (Wildman–Crippen MR) is 94.8 cm³/mol. The summed E-state index contributed by atoms with van der Waals surface area (Å²) in [4.78, 5) is 22.9. The first-order valence-corrected chi connectivity index (χ1v) is 8.06. The molecule has 1 amide bonds. The lowest BCUT2D eigenvalue weighted by Gasteiger charge is -2.06. The van der Waals surface area contributed by atoms with Crippen LogP contribution in [-0.2, 0) is 6.61 Å². The lowest BCUT2D eigenvalue weighted by molar-refractivity contribution is -0.386. The van der Waals surface area contributed by atoms with Crippen LogP contribution in [0.15, 0.2) is 39.3 Å². The van der Waals surface area contributed by atoms with Gasteiger partial charge in [0, 0.05) is 6.07 Å². The normalized spacial score (nSPS) is 10.6. The van der Waals surface area contributed by atoms with Crippen molar-refractivity contribution in [3.63, 3.8) is 0 Å². The molecule has 9 heteroatoms. The first-order chi connectivity index (χ1) is 12.8. The summed E-state index contributed by atoms with van der Waals surface area (Å²) in [6.45, 7) is 5.10. The highest BCUT2D eigenvalue weighted by atomic mass is 16.6. The van der Waals surface area contributed by atoms with Gasteiger partial charge in [-0.2, -0.15) is 0 Å². The summed E-state index contributed by atoms with van der Waals surface area (Å²) in [6, 6.07) is 7.74. The van der Waals surface area contributed by atoms with Crippen molar-refractivity contribution < 1.29 is 23.4 Å². The zero-order chi connectivity index (χ0) is 19.6. The maximum Gasteiger partial charge on any atom is 0.311 e. The minimum absolute atomic E-state index is 0.0531. The van der Waals surface area contributed by atoms with Gasteiger partial charge < -0.3 is 19.0 Å². The Labute approximate surface area is 154 Å². The molecular formula is C18H17N3O6. The second kappa shape index (κ2) is 7.32. The lowest BCUT2D eigenvalue weighted by Crippen LogP contribution is -2.12. The van der Waals surface area contributed by atoms with Crippen molar-refractivity contribution in [3.8, 4) is 5.75 Å². The van der Waals surface area contributed by atoms with E-state index in [2.05, 4.69) is 10.5 Å². The van der Waals surface area contributed by atoms with Crippen molar-refractivity contribution in [1.29, 1.82) is 0 Å². The van der Waals surface area contributed by atoms with Crippen molar-refractivity contribution in [3.05, 3.63) is 69.0 Å². The van der Waals surface area contributed by atoms with Gasteiger partial charge in [-0.3, -0.25) is 14.9 Å². The first-order valence-electron chi connectivity index (χ1n) is 8.06. The summed E-state index contributed by atoms with van der Waals surface area (Å²) in [5.41, 5.74) is 1.68. The third-order valence-corrected chi connectivity index (χ3v) is 3.84. The Morgan fingerprint density at radius 1 is 1.26 bits per heavy atom. The van der Waals surface area contributed by atoms with Gasteiger partial charge in [-0.25, -0.2) is 0 Å². The van der Waals surface area contributed by atoms with E-state index in [-0.39, 0.29) is 23.8 Å². The van der Waals surface area contributed by atoms with Gasteiger partial charge in [-0.15, -0.1) is 0 Å². The van der Waals surface area contributed by atoms with E-state index in [1.54, 1.807) is 32.9 Å². The largest absolute Gasteiger partial charge is 0.479 e. The Bertz CT molecular complexity index is 985. The van der Waals surface area contributed by atoms with E-state index in [0.717, 1.165) is 5.56 Å². The van der Waals surface area contributed by atoms with Crippen LogP contribution in [-0.4, -0.2) is 16.0 Å². The van der Waals surface area contributed by atoms with Gasteiger partial charge in [0.15, 0.2) is 17.3 Å².